The highest BCUT2D eigenvalue weighted by atomic mass is 35.5. The van der Waals surface area contributed by atoms with Gasteiger partial charge < -0.3 is 9.88 Å². The second-order valence-corrected chi connectivity index (χ2v) is 6.80. The van der Waals surface area contributed by atoms with Crippen LogP contribution in [0.1, 0.15) is 42.4 Å². The van der Waals surface area contributed by atoms with Gasteiger partial charge in [-0.1, -0.05) is 32.0 Å². The number of fused-ring (bicyclic) bond motifs is 3. The van der Waals surface area contributed by atoms with Gasteiger partial charge in [0.15, 0.2) is 0 Å². The Kier molecular flexibility index (Phi) is 4.60. The van der Waals surface area contributed by atoms with Crippen LogP contribution in [0.4, 0.5) is 4.79 Å². The van der Waals surface area contributed by atoms with Crippen molar-refractivity contribution in [3.05, 3.63) is 53.2 Å². The van der Waals surface area contributed by atoms with E-state index in [1.165, 1.54) is 16.6 Å². The van der Waals surface area contributed by atoms with Gasteiger partial charge in [-0.2, -0.15) is 0 Å². The van der Waals surface area contributed by atoms with E-state index in [0.717, 1.165) is 29.9 Å². The van der Waals surface area contributed by atoms with Crippen molar-refractivity contribution in [1.82, 2.24) is 19.4 Å². The third kappa shape index (κ3) is 2.72. The summed E-state index contributed by atoms with van der Waals surface area (Å²) in [5, 5.41) is 1.20. The second-order valence-electron chi connectivity index (χ2n) is 6.80. The van der Waals surface area contributed by atoms with Crippen LogP contribution in [0, 0.1) is 6.92 Å². The van der Waals surface area contributed by atoms with Crippen LogP contribution in [0.3, 0.4) is 0 Å². The van der Waals surface area contributed by atoms with Crippen LogP contribution in [-0.4, -0.2) is 32.0 Å². The van der Waals surface area contributed by atoms with E-state index in [4.69, 9.17) is 0 Å². The van der Waals surface area contributed by atoms with E-state index >= 15 is 0 Å². The molecule has 1 aromatic carbocycles. The maximum atomic E-state index is 13.2. The maximum absolute atomic E-state index is 13.2. The minimum absolute atomic E-state index is 0. The molecule has 5 nitrogen and oxygen atoms in total. The third-order valence-electron chi connectivity index (χ3n) is 4.95. The lowest BCUT2D eigenvalue weighted by atomic mass is 9.98. The topological polar surface area (TPSA) is 53.9 Å². The molecule has 0 saturated heterocycles. The van der Waals surface area contributed by atoms with Gasteiger partial charge in [0.1, 0.15) is 0 Å². The molecule has 0 unspecified atom stereocenters. The van der Waals surface area contributed by atoms with E-state index in [1.54, 1.807) is 6.33 Å². The van der Waals surface area contributed by atoms with E-state index in [9.17, 15) is 4.79 Å². The summed E-state index contributed by atoms with van der Waals surface area (Å²) in [6.07, 6.45) is 2.57. The van der Waals surface area contributed by atoms with Gasteiger partial charge in [-0.15, -0.1) is 12.4 Å². The van der Waals surface area contributed by atoms with Gasteiger partial charge in [-0.05, 0) is 24.5 Å². The fourth-order valence-corrected chi connectivity index (χ4v) is 3.78. The van der Waals surface area contributed by atoms with E-state index in [1.807, 2.05) is 28.5 Å². The SMILES string of the molecule is Cc1[nH]cnc1CN1CCc2c(C(C)C)c3ccccc3n2C1=O.Cl. The number of carbonyl (C=O) groups is 1. The molecule has 0 bridgehead atoms. The zero-order valence-corrected chi connectivity index (χ0v) is 15.6. The van der Waals surface area contributed by atoms with E-state index in [0.29, 0.717) is 12.5 Å². The van der Waals surface area contributed by atoms with Crippen molar-refractivity contribution in [2.24, 2.45) is 0 Å². The van der Waals surface area contributed by atoms with Crippen LogP contribution in [0.25, 0.3) is 10.9 Å². The minimum atomic E-state index is 0. The molecule has 1 aliphatic rings. The molecular weight excluding hydrogens is 336 g/mol. The number of imidazole rings is 1. The van der Waals surface area contributed by atoms with Crippen LogP contribution >= 0.6 is 12.4 Å². The molecule has 0 radical (unpaired) electrons. The number of benzene rings is 1. The second kappa shape index (κ2) is 6.56. The summed E-state index contributed by atoms with van der Waals surface area (Å²) in [4.78, 5) is 22.5. The molecule has 4 rings (SSSR count). The number of hydrogen-bond donors (Lipinski definition) is 1. The predicted molar refractivity (Wildman–Crippen MR) is 102 cm³/mol. The molecule has 3 heterocycles. The number of H-pyrrole nitrogens is 1. The highest BCUT2D eigenvalue weighted by Gasteiger charge is 2.30. The predicted octanol–water partition coefficient (Wildman–Crippen LogP) is 4.24. The number of halogens is 1. The fraction of sp³-hybridized carbons (Fsp3) is 0.368. The van der Waals surface area contributed by atoms with Gasteiger partial charge in [0, 0.05) is 29.7 Å². The number of nitrogens with one attached hydrogen (secondary N) is 1. The van der Waals surface area contributed by atoms with Crippen LogP contribution in [0.2, 0.25) is 0 Å². The first-order valence-corrected chi connectivity index (χ1v) is 8.48. The van der Waals surface area contributed by atoms with E-state index in [-0.39, 0.29) is 18.4 Å². The zero-order chi connectivity index (χ0) is 16.8. The summed E-state index contributed by atoms with van der Waals surface area (Å²) in [5.41, 5.74) is 5.46. The Bertz CT molecular complexity index is 925. The molecule has 0 atom stereocenters. The summed E-state index contributed by atoms with van der Waals surface area (Å²) in [5.74, 6) is 0.402. The molecule has 1 aliphatic heterocycles. The van der Waals surface area contributed by atoms with Gasteiger partial charge in [0.25, 0.3) is 0 Å². The summed E-state index contributed by atoms with van der Waals surface area (Å²) in [7, 11) is 0. The first-order valence-electron chi connectivity index (χ1n) is 8.48. The van der Waals surface area contributed by atoms with Crippen molar-refractivity contribution in [2.45, 2.75) is 39.7 Å². The zero-order valence-electron chi connectivity index (χ0n) is 14.7. The molecule has 2 aromatic heterocycles. The lowest BCUT2D eigenvalue weighted by Crippen LogP contribution is -2.41. The Morgan fingerprint density at radius 3 is 2.72 bits per heavy atom. The monoisotopic (exact) mass is 358 g/mol. The van der Waals surface area contributed by atoms with E-state index < -0.39 is 0 Å². The van der Waals surface area contributed by atoms with Gasteiger partial charge in [0.2, 0.25) is 0 Å². The normalized spacial score (nSPS) is 14.1. The van der Waals surface area contributed by atoms with Crippen LogP contribution in [0.15, 0.2) is 30.6 Å². The van der Waals surface area contributed by atoms with Crippen molar-refractivity contribution in [2.75, 3.05) is 6.54 Å². The lowest BCUT2D eigenvalue weighted by molar-refractivity contribution is 0.190. The highest BCUT2D eigenvalue weighted by Crippen LogP contribution is 2.34. The molecule has 3 aromatic rings. The quantitative estimate of drug-likeness (QED) is 0.761. The van der Waals surface area contributed by atoms with Crippen molar-refractivity contribution < 1.29 is 4.79 Å². The summed E-state index contributed by atoms with van der Waals surface area (Å²) < 4.78 is 1.91. The number of aromatic nitrogens is 3. The van der Waals surface area contributed by atoms with Crippen LogP contribution in [0.5, 0.6) is 0 Å². The maximum Gasteiger partial charge on any atom is 0.329 e. The Morgan fingerprint density at radius 2 is 2.04 bits per heavy atom. The van der Waals surface area contributed by atoms with Crippen LogP contribution in [-0.2, 0) is 13.0 Å². The summed E-state index contributed by atoms with van der Waals surface area (Å²) in [6.45, 7) is 7.68. The molecule has 25 heavy (non-hydrogen) atoms. The average molecular weight is 359 g/mol. The molecule has 1 amide bonds. The largest absolute Gasteiger partial charge is 0.348 e. The fourth-order valence-electron chi connectivity index (χ4n) is 3.78. The van der Waals surface area contributed by atoms with Crippen molar-refractivity contribution in [3.8, 4) is 0 Å². The molecule has 0 fully saturated rings. The van der Waals surface area contributed by atoms with Gasteiger partial charge in [0.05, 0.1) is 24.1 Å². The van der Waals surface area contributed by atoms with E-state index in [2.05, 4.69) is 35.9 Å². The van der Waals surface area contributed by atoms with Gasteiger partial charge in [-0.3, -0.25) is 4.57 Å². The number of rotatable bonds is 3. The van der Waals surface area contributed by atoms with Crippen molar-refractivity contribution in [3.63, 3.8) is 0 Å². The average Bonchev–Trinajstić information content (AvgIpc) is 3.11. The van der Waals surface area contributed by atoms with Crippen molar-refractivity contribution >= 4 is 29.3 Å². The Morgan fingerprint density at radius 1 is 1.28 bits per heavy atom. The Balaban J connectivity index is 0.00000182. The Labute approximate surface area is 153 Å². The highest BCUT2D eigenvalue weighted by molar-refractivity contribution is 5.96. The summed E-state index contributed by atoms with van der Waals surface area (Å²) in [6, 6.07) is 8.29. The summed E-state index contributed by atoms with van der Waals surface area (Å²) >= 11 is 0. The first-order chi connectivity index (χ1) is 11.6. The number of amides is 1. The Hall–Kier alpha value is -2.27. The molecule has 1 N–H and O–H groups in total. The lowest BCUT2D eigenvalue weighted by Gasteiger charge is -2.29. The smallest absolute Gasteiger partial charge is 0.329 e. The van der Waals surface area contributed by atoms with Crippen molar-refractivity contribution in [1.29, 1.82) is 0 Å². The number of nitrogens with zero attached hydrogens (tertiary/aromatic N) is 3. The number of hydrogen-bond acceptors (Lipinski definition) is 2. The minimum Gasteiger partial charge on any atom is -0.348 e. The molecule has 0 spiro atoms. The van der Waals surface area contributed by atoms with Gasteiger partial charge >= 0.3 is 6.03 Å². The number of carbonyl (C=O) groups excluding carboxylic acids is 1. The third-order valence-corrected chi connectivity index (χ3v) is 4.95. The number of para-hydroxylation sites is 1. The molecule has 6 heteroatoms. The molecule has 0 saturated carbocycles. The molecule has 132 valence electrons. The van der Waals surface area contributed by atoms with Gasteiger partial charge in [-0.25, -0.2) is 9.78 Å². The standard InChI is InChI=1S/C19H22N4O.ClH/c1-12(2)18-14-6-4-5-7-16(14)23-17(18)8-9-22(19(23)24)10-15-13(3)20-11-21-15;/h4-7,11-12H,8-10H2,1-3H3,(H,20,21);1H. The first kappa shape index (κ1) is 17.5. The number of aryl methyl sites for hydroxylation is 1. The molecular formula is C19H23ClN4O. The van der Waals surface area contributed by atoms with Crippen LogP contribution < -0.4 is 0 Å². The number of aromatic amines is 1. The molecule has 0 aliphatic carbocycles.